The van der Waals surface area contributed by atoms with Crippen molar-refractivity contribution in [1.29, 1.82) is 0 Å². The topological polar surface area (TPSA) is 68.9 Å². The first-order valence-electron chi connectivity index (χ1n) is 8.94. The number of rotatable bonds is 7. The first kappa shape index (κ1) is 17.9. The van der Waals surface area contributed by atoms with E-state index in [0.29, 0.717) is 18.5 Å². The maximum absolute atomic E-state index is 12.8. The zero-order chi connectivity index (χ0) is 18.7. The molecular formula is C20H24N4O2. The molecule has 0 spiro atoms. The van der Waals surface area contributed by atoms with E-state index in [-0.39, 0.29) is 17.7 Å². The molecule has 1 amide bonds. The summed E-state index contributed by atoms with van der Waals surface area (Å²) in [6.07, 6.45) is 5.97. The van der Waals surface area contributed by atoms with Crippen molar-refractivity contribution in [1.82, 2.24) is 19.4 Å². The minimum Gasteiger partial charge on any atom is -0.349 e. The van der Waals surface area contributed by atoms with Crippen molar-refractivity contribution in [3.8, 4) is 0 Å². The van der Waals surface area contributed by atoms with Gasteiger partial charge in [-0.3, -0.25) is 9.59 Å². The highest BCUT2D eigenvalue weighted by Crippen LogP contribution is 2.26. The van der Waals surface area contributed by atoms with Gasteiger partial charge in [-0.2, -0.15) is 0 Å². The van der Waals surface area contributed by atoms with Crippen LogP contribution < -0.4 is 5.32 Å². The average molecular weight is 352 g/mol. The second kappa shape index (κ2) is 7.56. The molecule has 6 nitrogen and oxygen atoms in total. The summed E-state index contributed by atoms with van der Waals surface area (Å²) < 4.78 is 3.92. The van der Waals surface area contributed by atoms with E-state index in [1.165, 1.54) is 0 Å². The van der Waals surface area contributed by atoms with E-state index in [0.717, 1.165) is 23.1 Å². The third-order valence-corrected chi connectivity index (χ3v) is 4.73. The number of fused-ring (bicyclic) bond motifs is 1. The number of carbonyl (C=O) groups is 2. The van der Waals surface area contributed by atoms with Crippen molar-refractivity contribution < 1.29 is 9.59 Å². The molecule has 0 radical (unpaired) electrons. The van der Waals surface area contributed by atoms with Crippen molar-refractivity contribution in [2.24, 2.45) is 0 Å². The lowest BCUT2D eigenvalue weighted by Crippen LogP contribution is -2.32. The zero-order valence-corrected chi connectivity index (χ0v) is 15.4. The number of ketones is 1. The van der Waals surface area contributed by atoms with E-state index in [9.17, 15) is 9.59 Å². The summed E-state index contributed by atoms with van der Waals surface area (Å²) in [6, 6.07) is 7.34. The third-order valence-electron chi connectivity index (χ3n) is 4.73. The molecule has 3 aromatic rings. The lowest BCUT2D eigenvalue weighted by atomic mass is 10.1. The fourth-order valence-corrected chi connectivity index (χ4v) is 3.33. The number of nitrogens with one attached hydrogen (secondary N) is 1. The number of amides is 1. The van der Waals surface area contributed by atoms with Gasteiger partial charge in [0.25, 0.3) is 0 Å². The summed E-state index contributed by atoms with van der Waals surface area (Å²) in [6.45, 7) is 6.81. The predicted octanol–water partition coefficient (Wildman–Crippen LogP) is 3.33. The first-order chi connectivity index (χ1) is 12.6. The highest BCUT2D eigenvalue weighted by atomic mass is 16.2. The Labute approximate surface area is 152 Å². The van der Waals surface area contributed by atoms with Crippen LogP contribution in [0.1, 0.15) is 49.3 Å². The van der Waals surface area contributed by atoms with Crippen molar-refractivity contribution in [3.05, 3.63) is 54.2 Å². The quantitative estimate of drug-likeness (QED) is 0.663. The van der Waals surface area contributed by atoms with Crippen LogP contribution in [-0.2, 0) is 17.9 Å². The van der Waals surface area contributed by atoms with Crippen LogP contribution in [0.3, 0.4) is 0 Å². The first-order valence-corrected chi connectivity index (χ1v) is 8.94. The smallest absolute Gasteiger partial charge is 0.243 e. The van der Waals surface area contributed by atoms with Crippen LogP contribution in [0.5, 0.6) is 0 Å². The number of carbonyl (C=O) groups excluding carboxylic acids is 2. The van der Waals surface area contributed by atoms with E-state index in [1.807, 2.05) is 47.2 Å². The summed E-state index contributed by atoms with van der Waals surface area (Å²) in [5.41, 5.74) is 2.52. The van der Waals surface area contributed by atoms with Gasteiger partial charge in [0, 0.05) is 35.4 Å². The summed E-state index contributed by atoms with van der Waals surface area (Å²) >= 11 is 0. The van der Waals surface area contributed by atoms with Crippen LogP contribution in [0.4, 0.5) is 0 Å². The van der Waals surface area contributed by atoms with Gasteiger partial charge >= 0.3 is 0 Å². The van der Waals surface area contributed by atoms with Crippen LogP contribution in [-0.4, -0.2) is 25.8 Å². The Bertz CT molecular complexity index is 938. The molecule has 1 aromatic carbocycles. The maximum atomic E-state index is 12.8. The molecule has 3 rings (SSSR count). The van der Waals surface area contributed by atoms with Gasteiger partial charge in [-0.25, -0.2) is 4.98 Å². The number of nitrogens with zero attached hydrogens (tertiary/aromatic N) is 3. The molecule has 0 fully saturated rings. The number of Topliss-reactive ketones (excluding diaryl/α,β-unsaturated/α-hetero) is 1. The third kappa shape index (κ3) is 3.27. The van der Waals surface area contributed by atoms with Crippen molar-refractivity contribution in [2.45, 2.75) is 46.3 Å². The van der Waals surface area contributed by atoms with E-state index in [4.69, 9.17) is 0 Å². The maximum Gasteiger partial charge on any atom is 0.243 e. The number of aromatic nitrogens is 3. The minimum atomic E-state index is -0.369. The summed E-state index contributed by atoms with van der Waals surface area (Å²) in [4.78, 5) is 29.0. The van der Waals surface area contributed by atoms with E-state index in [1.54, 1.807) is 25.6 Å². The normalized spacial score (nSPS) is 12.3. The fourth-order valence-electron chi connectivity index (χ4n) is 3.33. The fraction of sp³-hybridized carbons (Fsp3) is 0.350. The minimum absolute atomic E-state index is 0.00191. The lowest BCUT2D eigenvalue weighted by molar-refractivity contribution is -0.124. The SMILES string of the molecule is CC[C@@H](C(=O)NCc1cncn1CC)n1cc(C(C)=O)c2ccccc21. The number of para-hydroxylation sites is 1. The van der Waals surface area contributed by atoms with Crippen LogP contribution in [0, 0.1) is 0 Å². The standard InChI is InChI=1S/C20H24N4O2/c1-4-18(20(26)22-11-15-10-21-13-23(15)5-2)24-12-17(14(3)25)16-8-6-7-9-19(16)24/h6-10,12-13,18H,4-5,11H2,1-3H3,(H,22,26)/t18-/m0/s1. The zero-order valence-electron chi connectivity index (χ0n) is 15.4. The number of imidazole rings is 1. The molecule has 0 bridgehead atoms. The van der Waals surface area contributed by atoms with Crippen molar-refractivity contribution >= 4 is 22.6 Å². The molecule has 0 saturated heterocycles. The molecule has 1 atom stereocenters. The van der Waals surface area contributed by atoms with E-state index >= 15 is 0 Å². The molecule has 2 heterocycles. The van der Waals surface area contributed by atoms with Crippen LogP contribution in [0.25, 0.3) is 10.9 Å². The number of benzene rings is 1. The predicted molar refractivity (Wildman–Crippen MR) is 101 cm³/mol. The highest BCUT2D eigenvalue weighted by molar-refractivity contribution is 6.07. The van der Waals surface area contributed by atoms with Crippen molar-refractivity contribution in [3.63, 3.8) is 0 Å². The van der Waals surface area contributed by atoms with Gasteiger partial charge in [0.1, 0.15) is 6.04 Å². The molecule has 1 N–H and O–H groups in total. The molecule has 26 heavy (non-hydrogen) atoms. The van der Waals surface area contributed by atoms with Crippen LogP contribution in [0.15, 0.2) is 43.0 Å². The molecule has 6 heteroatoms. The Hall–Kier alpha value is -2.89. The largest absolute Gasteiger partial charge is 0.349 e. The van der Waals surface area contributed by atoms with Gasteiger partial charge in [-0.1, -0.05) is 25.1 Å². The van der Waals surface area contributed by atoms with Crippen LogP contribution in [0.2, 0.25) is 0 Å². The number of hydrogen-bond donors (Lipinski definition) is 1. The monoisotopic (exact) mass is 352 g/mol. The van der Waals surface area contributed by atoms with Gasteiger partial charge in [-0.15, -0.1) is 0 Å². The molecule has 0 aliphatic heterocycles. The Morgan fingerprint density at radius 1 is 1.23 bits per heavy atom. The Morgan fingerprint density at radius 2 is 2.00 bits per heavy atom. The average Bonchev–Trinajstić information content (AvgIpc) is 3.25. The van der Waals surface area contributed by atoms with Gasteiger partial charge in [0.05, 0.1) is 18.6 Å². The van der Waals surface area contributed by atoms with E-state index < -0.39 is 0 Å². The molecule has 136 valence electrons. The molecule has 0 aliphatic rings. The molecule has 0 unspecified atom stereocenters. The van der Waals surface area contributed by atoms with Crippen molar-refractivity contribution in [2.75, 3.05) is 0 Å². The lowest BCUT2D eigenvalue weighted by Gasteiger charge is -2.18. The van der Waals surface area contributed by atoms with Crippen LogP contribution >= 0.6 is 0 Å². The second-order valence-electron chi connectivity index (χ2n) is 6.34. The van der Waals surface area contributed by atoms with Gasteiger partial charge in [0.2, 0.25) is 5.91 Å². The Balaban J connectivity index is 1.88. The summed E-state index contributed by atoms with van der Waals surface area (Å²) in [7, 11) is 0. The molecule has 2 aromatic heterocycles. The number of hydrogen-bond acceptors (Lipinski definition) is 3. The second-order valence-corrected chi connectivity index (χ2v) is 6.34. The van der Waals surface area contributed by atoms with Gasteiger partial charge in [0.15, 0.2) is 5.78 Å². The number of aryl methyl sites for hydroxylation is 1. The highest BCUT2D eigenvalue weighted by Gasteiger charge is 2.22. The Kier molecular flexibility index (Phi) is 5.21. The summed E-state index contributed by atoms with van der Waals surface area (Å²) in [5.74, 6) is -0.0609. The van der Waals surface area contributed by atoms with Gasteiger partial charge in [-0.05, 0) is 26.3 Å². The summed E-state index contributed by atoms with van der Waals surface area (Å²) in [5, 5.41) is 3.89. The molecule has 0 saturated carbocycles. The molecular weight excluding hydrogens is 328 g/mol. The van der Waals surface area contributed by atoms with Gasteiger partial charge < -0.3 is 14.5 Å². The molecule has 0 aliphatic carbocycles. The Morgan fingerprint density at radius 3 is 2.69 bits per heavy atom. The van der Waals surface area contributed by atoms with E-state index in [2.05, 4.69) is 10.3 Å².